The Labute approximate surface area is 185 Å². The maximum Gasteiger partial charge on any atom is 0.250 e. The Kier molecular flexibility index (Phi) is 5.98. The Hall–Kier alpha value is -4.07. The highest BCUT2D eigenvalue weighted by molar-refractivity contribution is 6.32. The molecule has 5 heteroatoms. The van der Waals surface area contributed by atoms with Crippen molar-refractivity contribution >= 4 is 29.5 Å². The Morgan fingerprint density at radius 2 is 1.52 bits per heavy atom. The van der Waals surface area contributed by atoms with E-state index in [1.54, 1.807) is 18.2 Å². The molecule has 0 radical (unpaired) electrons. The molecule has 1 heterocycles. The first-order valence-electron chi connectivity index (χ1n) is 9.58. The number of nitrogens with one attached hydrogen (secondary N) is 1. The lowest BCUT2D eigenvalue weighted by atomic mass is 9.98. The van der Waals surface area contributed by atoms with Gasteiger partial charge in [0.15, 0.2) is 0 Å². The molecule has 0 unspecified atom stereocenters. The van der Waals surface area contributed by atoms with Gasteiger partial charge in [-0.3, -0.25) is 10.1 Å². The fourth-order valence-corrected chi connectivity index (χ4v) is 3.43. The van der Waals surface area contributed by atoms with E-state index in [-0.39, 0.29) is 11.4 Å². The molecular weight excluding hydrogens is 408 g/mol. The van der Waals surface area contributed by atoms with Crippen LogP contribution in [0.3, 0.4) is 0 Å². The van der Waals surface area contributed by atoms with Gasteiger partial charge in [0.25, 0.3) is 5.91 Å². The maximum absolute atomic E-state index is 12.5. The standard InChI is InChI=1S/C26H17ClN2O2/c27-22-14-8-7-9-18(22)15-16-23(30)29-26-21(17-28)24(19-10-3-1-4-11-19)25(31-26)20-12-5-2-6-13-20/h1-16H,(H,29,30)/b16-15+. The summed E-state index contributed by atoms with van der Waals surface area (Å²) in [7, 11) is 0. The zero-order chi connectivity index (χ0) is 21.6. The van der Waals surface area contributed by atoms with E-state index in [1.807, 2.05) is 72.8 Å². The fraction of sp³-hybridized carbons (Fsp3) is 0. The number of nitrogens with zero attached hydrogens (tertiary/aromatic N) is 1. The van der Waals surface area contributed by atoms with E-state index < -0.39 is 5.91 Å². The van der Waals surface area contributed by atoms with Gasteiger partial charge in [-0.1, -0.05) is 90.5 Å². The second kappa shape index (κ2) is 9.17. The minimum atomic E-state index is -0.426. The summed E-state index contributed by atoms with van der Waals surface area (Å²) in [6.45, 7) is 0. The third kappa shape index (κ3) is 4.42. The fourth-order valence-electron chi connectivity index (χ4n) is 3.23. The summed E-state index contributed by atoms with van der Waals surface area (Å²) < 4.78 is 6.01. The van der Waals surface area contributed by atoms with Gasteiger partial charge in [-0.2, -0.15) is 5.26 Å². The number of carbonyl (C=O) groups excluding carboxylic acids is 1. The number of furan rings is 1. The quantitative estimate of drug-likeness (QED) is 0.358. The highest BCUT2D eigenvalue weighted by Crippen LogP contribution is 2.41. The van der Waals surface area contributed by atoms with E-state index in [4.69, 9.17) is 16.0 Å². The highest BCUT2D eigenvalue weighted by atomic mass is 35.5. The molecular formula is C26H17ClN2O2. The van der Waals surface area contributed by atoms with E-state index in [1.165, 1.54) is 6.08 Å². The van der Waals surface area contributed by atoms with Crippen molar-refractivity contribution in [3.8, 4) is 28.5 Å². The molecule has 0 saturated heterocycles. The second-order valence-corrected chi connectivity index (χ2v) is 7.11. The van der Waals surface area contributed by atoms with Gasteiger partial charge in [-0.05, 0) is 23.3 Å². The Morgan fingerprint density at radius 3 is 2.16 bits per heavy atom. The molecule has 150 valence electrons. The van der Waals surface area contributed by atoms with Crippen LogP contribution in [-0.4, -0.2) is 5.91 Å². The zero-order valence-corrected chi connectivity index (χ0v) is 17.1. The number of anilines is 1. The molecule has 0 saturated carbocycles. The lowest BCUT2D eigenvalue weighted by Crippen LogP contribution is -2.08. The van der Waals surface area contributed by atoms with Gasteiger partial charge in [0.2, 0.25) is 5.88 Å². The third-order valence-corrected chi connectivity index (χ3v) is 5.02. The number of halogens is 1. The summed E-state index contributed by atoms with van der Waals surface area (Å²) in [6, 6.07) is 28.4. The Balaban J connectivity index is 1.73. The number of benzene rings is 3. The molecule has 4 nitrogen and oxygen atoms in total. The first-order valence-corrected chi connectivity index (χ1v) is 9.96. The molecule has 0 atom stereocenters. The Morgan fingerprint density at radius 1 is 0.903 bits per heavy atom. The van der Waals surface area contributed by atoms with Gasteiger partial charge in [-0.25, -0.2) is 0 Å². The van der Waals surface area contributed by atoms with E-state index in [0.717, 1.165) is 11.1 Å². The van der Waals surface area contributed by atoms with Crippen molar-refractivity contribution in [1.82, 2.24) is 0 Å². The molecule has 4 aromatic rings. The number of nitriles is 1. The average Bonchev–Trinajstić information content (AvgIpc) is 3.17. The minimum absolute atomic E-state index is 0.106. The molecule has 0 aliphatic carbocycles. The monoisotopic (exact) mass is 424 g/mol. The number of hydrogen-bond donors (Lipinski definition) is 1. The predicted molar refractivity (Wildman–Crippen MR) is 123 cm³/mol. The first-order chi connectivity index (χ1) is 15.2. The molecule has 4 rings (SSSR count). The summed E-state index contributed by atoms with van der Waals surface area (Å²) >= 11 is 6.13. The molecule has 0 aliphatic rings. The van der Waals surface area contributed by atoms with E-state index >= 15 is 0 Å². The van der Waals surface area contributed by atoms with Crippen LogP contribution in [0.1, 0.15) is 11.1 Å². The average molecular weight is 425 g/mol. The first kappa shape index (κ1) is 20.2. The summed E-state index contributed by atoms with van der Waals surface area (Å²) in [5, 5.41) is 13.1. The van der Waals surface area contributed by atoms with Crippen LogP contribution in [-0.2, 0) is 4.79 Å². The van der Waals surface area contributed by atoms with Crippen LogP contribution >= 0.6 is 11.6 Å². The molecule has 3 aromatic carbocycles. The van der Waals surface area contributed by atoms with Crippen LogP contribution in [0, 0.1) is 11.3 Å². The Bertz CT molecular complexity index is 1290. The zero-order valence-electron chi connectivity index (χ0n) is 16.4. The van der Waals surface area contributed by atoms with Gasteiger partial charge in [0.05, 0.1) is 0 Å². The largest absolute Gasteiger partial charge is 0.438 e. The molecule has 0 bridgehead atoms. The summed E-state index contributed by atoms with van der Waals surface area (Å²) in [5.74, 6) is 0.201. The number of carbonyl (C=O) groups is 1. The normalized spacial score (nSPS) is 10.7. The van der Waals surface area contributed by atoms with Crippen molar-refractivity contribution in [1.29, 1.82) is 5.26 Å². The summed E-state index contributed by atoms with van der Waals surface area (Å²) in [6.07, 6.45) is 2.97. The van der Waals surface area contributed by atoms with Gasteiger partial charge in [-0.15, -0.1) is 0 Å². The third-order valence-electron chi connectivity index (χ3n) is 4.67. The van der Waals surface area contributed by atoms with Crippen molar-refractivity contribution < 1.29 is 9.21 Å². The van der Waals surface area contributed by atoms with Crippen LogP contribution in [0.2, 0.25) is 5.02 Å². The van der Waals surface area contributed by atoms with Crippen LogP contribution < -0.4 is 5.32 Å². The predicted octanol–water partition coefficient (Wildman–Crippen LogP) is 6.79. The lowest BCUT2D eigenvalue weighted by Gasteiger charge is -2.03. The SMILES string of the molecule is N#Cc1c(NC(=O)/C=C/c2ccccc2Cl)oc(-c2ccccc2)c1-c1ccccc1. The maximum atomic E-state index is 12.5. The van der Waals surface area contributed by atoms with Gasteiger partial charge in [0.1, 0.15) is 17.4 Å². The molecule has 31 heavy (non-hydrogen) atoms. The second-order valence-electron chi connectivity index (χ2n) is 6.70. The van der Waals surface area contributed by atoms with Gasteiger partial charge >= 0.3 is 0 Å². The van der Waals surface area contributed by atoms with Gasteiger partial charge < -0.3 is 4.42 Å². The van der Waals surface area contributed by atoms with E-state index in [2.05, 4.69) is 11.4 Å². The van der Waals surface area contributed by atoms with E-state index in [0.29, 0.717) is 21.9 Å². The topological polar surface area (TPSA) is 66.0 Å². The summed E-state index contributed by atoms with van der Waals surface area (Å²) in [4.78, 5) is 12.5. The van der Waals surface area contributed by atoms with Crippen molar-refractivity contribution in [2.24, 2.45) is 0 Å². The highest BCUT2D eigenvalue weighted by Gasteiger charge is 2.23. The molecule has 1 amide bonds. The van der Waals surface area contributed by atoms with Crippen molar-refractivity contribution in [3.05, 3.63) is 107 Å². The minimum Gasteiger partial charge on any atom is -0.438 e. The van der Waals surface area contributed by atoms with Gasteiger partial charge in [0, 0.05) is 22.2 Å². The summed E-state index contributed by atoms with van der Waals surface area (Å²) in [5.41, 5.74) is 3.26. The number of amides is 1. The van der Waals surface area contributed by atoms with E-state index in [9.17, 15) is 10.1 Å². The van der Waals surface area contributed by atoms with Crippen molar-refractivity contribution in [2.75, 3.05) is 5.32 Å². The van der Waals surface area contributed by atoms with Crippen molar-refractivity contribution in [2.45, 2.75) is 0 Å². The van der Waals surface area contributed by atoms with Crippen LogP contribution in [0.15, 0.2) is 95.4 Å². The van der Waals surface area contributed by atoms with Crippen LogP contribution in [0.5, 0.6) is 0 Å². The number of rotatable bonds is 5. The smallest absolute Gasteiger partial charge is 0.250 e. The lowest BCUT2D eigenvalue weighted by molar-refractivity contribution is -0.111. The van der Waals surface area contributed by atoms with Crippen molar-refractivity contribution in [3.63, 3.8) is 0 Å². The molecule has 1 N–H and O–H groups in total. The molecule has 1 aromatic heterocycles. The molecule has 0 aliphatic heterocycles. The van der Waals surface area contributed by atoms with Crippen LogP contribution in [0.4, 0.5) is 5.88 Å². The molecule has 0 spiro atoms. The number of hydrogen-bond acceptors (Lipinski definition) is 3. The molecule has 0 fully saturated rings. The van der Waals surface area contributed by atoms with Crippen LogP contribution in [0.25, 0.3) is 28.5 Å².